The molecule has 1 aliphatic heterocycles. The Balaban J connectivity index is 2.11. The van der Waals surface area contributed by atoms with E-state index in [-0.39, 0.29) is 11.7 Å². The number of aromatic nitrogens is 4. The van der Waals surface area contributed by atoms with Crippen LogP contribution in [0.4, 0.5) is 5.95 Å². The third-order valence-electron chi connectivity index (χ3n) is 3.05. The Hall–Kier alpha value is -2.70. The first-order chi connectivity index (χ1) is 9.69. The van der Waals surface area contributed by atoms with Crippen LogP contribution in [0.1, 0.15) is 24.5 Å². The van der Waals surface area contributed by atoms with Gasteiger partial charge in [-0.1, -0.05) is 13.0 Å². The van der Waals surface area contributed by atoms with Crippen LogP contribution in [-0.4, -0.2) is 30.8 Å². The van der Waals surface area contributed by atoms with Crippen LogP contribution >= 0.6 is 0 Å². The SMILES string of the molecule is CCc1nc2n(n1)C(c1ccccn1)C=C(C(=O)O)N2. The monoisotopic (exact) mass is 271 g/mol. The Kier molecular flexibility index (Phi) is 2.94. The lowest BCUT2D eigenvalue weighted by atomic mass is 10.1. The smallest absolute Gasteiger partial charge is 0.352 e. The fourth-order valence-electron chi connectivity index (χ4n) is 2.07. The largest absolute Gasteiger partial charge is 0.477 e. The number of carboxylic acid groups (broad SMARTS) is 1. The number of aryl methyl sites for hydroxylation is 1. The molecule has 0 aromatic carbocycles. The molecule has 2 aromatic heterocycles. The lowest BCUT2D eigenvalue weighted by Crippen LogP contribution is -2.24. The van der Waals surface area contributed by atoms with Crippen LogP contribution in [0.5, 0.6) is 0 Å². The average Bonchev–Trinajstić information content (AvgIpc) is 2.90. The van der Waals surface area contributed by atoms with Crippen molar-refractivity contribution in [1.29, 1.82) is 0 Å². The zero-order valence-electron chi connectivity index (χ0n) is 10.8. The first-order valence-electron chi connectivity index (χ1n) is 6.27. The van der Waals surface area contributed by atoms with E-state index in [4.69, 9.17) is 0 Å². The number of nitrogens with one attached hydrogen (secondary N) is 1. The van der Waals surface area contributed by atoms with Gasteiger partial charge in [0.2, 0.25) is 5.95 Å². The molecule has 1 unspecified atom stereocenters. The minimum Gasteiger partial charge on any atom is -0.477 e. The Bertz CT molecular complexity index is 677. The van der Waals surface area contributed by atoms with Gasteiger partial charge in [-0.25, -0.2) is 9.48 Å². The molecule has 0 fully saturated rings. The standard InChI is InChI=1S/C13H13N5O2/c1-2-11-16-13-15-9(12(19)20)7-10(18(13)17-11)8-5-3-4-6-14-8/h3-7,10H,2H2,1H3,(H,19,20)(H,15,16,17). The Morgan fingerprint density at radius 3 is 3.00 bits per heavy atom. The number of carboxylic acids is 1. The van der Waals surface area contributed by atoms with E-state index >= 15 is 0 Å². The number of anilines is 1. The summed E-state index contributed by atoms with van der Waals surface area (Å²) in [4.78, 5) is 19.8. The van der Waals surface area contributed by atoms with Crippen molar-refractivity contribution in [3.05, 3.63) is 47.7 Å². The van der Waals surface area contributed by atoms with Gasteiger partial charge >= 0.3 is 5.97 Å². The van der Waals surface area contributed by atoms with E-state index in [0.29, 0.717) is 18.2 Å². The highest BCUT2D eigenvalue weighted by Gasteiger charge is 2.27. The van der Waals surface area contributed by atoms with Crippen molar-refractivity contribution >= 4 is 11.9 Å². The summed E-state index contributed by atoms with van der Waals surface area (Å²) in [7, 11) is 0. The summed E-state index contributed by atoms with van der Waals surface area (Å²) in [5.41, 5.74) is 0.810. The fourth-order valence-corrected chi connectivity index (χ4v) is 2.07. The molecule has 0 radical (unpaired) electrons. The minimum absolute atomic E-state index is 0.0863. The molecular weight excluding hydrogens is 258 g/mol. The molecule has 2 aromatic rings. The van der Waals surface area contributed by atoms with Crippen LogP contribution in [0.3, 0.4) is 0 Å². The number of nitrogens with zero attached hydrogens (tertiary/aromatic N) is 4. The van der Waals surface area contributed by atoms with Gasteiger partial charge in [-0.05, 0) is 18.2 Å². The van der Waals surface area contributed by atoms with E-state index in [0.717, 1.165) is 5.69 Å². The summed E-state index contributed by atoms with van der Waals surface area (Å²) in [6, 6.07) is 5.14. The predicted molar refractivity (Wildman–Crippen MR) is 71.1 cm³/mol. The van der Waals surface area contributed by atoms with Crippen LogP contribution in [0.2, 0.25) is 0 Å². The molecule has 1 atom stereocenters. The zero-order valence-corrected chi connectivity index (χ0v) is 10.8. The highest BCUT2D eigenvalue weighted by Crippen LogP contribution is 2.27. The van der Waals surface area contributed by atoms with Gasteiger partial charge in [0.05, 0.1) is 5.69 Å². The van der Waals surface area contributed by atoms with Gasteiger partial charge in [0, 0.05) is 12.6 Å². The van der Waals surface area contributed by atoms with Gasteiger partial charge in [0.25, 0.3) is 0 Å². The molecule has 7 heteroatoms. The number of fused-ring (bicyclic) bond motifs is 1. The van der Waals surface area contributed by atoms with E-state index in [9.17, 15) is 9.90 Å². The van der Waals surface area contributed by atoms with E-state index in [1.807, 2.05) is 25.1 Å². The molecule has 0 saturated heterocycles. The molecule has 20 heavy (non-hydrogen) atoms. The van der Waals surface area contributed by atoms with Crippen LogP contribution in [0.25, 0.3) is 0 Å². The quantitative estimate of drug-likeness (QED) is 0.871. The number of hydrogen-bond donors (Lipinski definition) is 2. The maximum atomic E-state index is 11.2. The molecule has 0 amide bonds. The highest BCUT2D eigenvalue weighted by molar-refractivity contribution is 5.90. The summed E-state index contributed by atoms with van der Waals surface area (Å²) in [6.45, 7) is 1.95. The maximum absolute atomic E-state index is 11.2. The van der Waals surface area contributed by atoms with Crippen molar-refractivity contribution in [2.75, 3.05) is 5.32 Å². The predicted octanol–water partition coefficient (Wildman–Crippen LogP) is 1.22. The van der Waals surface area contributed by atoms with Crippen LogP contribution < -0.4 is 5.32 Å². The second-order valence-electron chi connectivity index (χ2n) is 4.36. The maximum Gasteiger partial charge on any atom is 0.352 e. The number of rotatable bonds is 3. The van der Waals surface area contributed by atoms with Crippen LogP contribution in [0.15, 0.2) is 36.2 Å². The zero-order chi connectivity index (χ0) is 14.1. The molecule has 0 spiro atoms. The lowest BCUT2D eigenvalue weighted by Gasteiger charge is -2.21. The lowest BCUT2D eigenvalue weighted by molar-refractivity contribution is -0.132. The molecule has 102 valence electrons. The molecule has 2 N–H and O–H groups in total. The normalized spacial score (nSPS) is 17.1. The number of carbonyl (C=O) groups is 1. The van der Waals surface area contributed by atoms with Gasteiger partial charge in [0.15, 0.2) is 5.82 Å². The van der Waals surface area contributed by atoms with Crippen LogP contribution in [0, 0.1) is 0 Å². The molecular formula is C13H13N5O2. The number of hydrogen-bond acceptors (Lipinski definition) is 5. The van der Waals surface area contributed by atoms with E-state index < -0.39 is 5.97 Å². The second kappa shape index (κ2) is 4.76. The number of pyridine rings is 1. The molecule has 3 heterocycles. The minimum atomic E-state index is -1.03. The molecule has 0 aliphatic carbocycles. The van der Waals surface area contributed by atoms with Crippen molar-refractivity contribution in [1.82, 2.24) is 19.7 Å². The van der Waals surface area contributed by atoms with E-state index in [1.165, 1.54) is 0 Å². The third-order valence-corrected chi connectivity index (χ3v) is 3.05. The third kappa shape index (κ3) is 2.03. The first-order valence-corrected chi connectivity index (χ1v) is 6.27. The Morgan fingerprint density at radius 2 is 2.35 bits per heavy atom. The summed E-state index contributed by atoms with van der Waals surface area (Å²) in [6.07, 6.45) is 3.94. The van der Waals surface area contributed by atoms with Crippen molar-refractivity contribution < 1.29 is 9.90 Å². The fraction of sp³-hybridized carbons (Fsp3) is 0.231. The second-order valence-corrected chi connectivity index (χ2v) is 4.36. The number of aliphatic carboxylic acids is 1. The molecule has 3 rings (SSSR count). The van der Waals surface area contributed by atoms with Crippen molar-refractivity contribution in [3.8, 4) is 0 Å². The Labute approximate surface area is 115 Å². The average molecular weight is 271 g/mol. The Morgan fingerprint density at radius 1 is 1.50 bits per heavy atom. The van der Waals surface area contributed by atoms with Gasteiger partial charge in [0.1, 0.15) is 11.7 Å². The number of allylic oxidation sites excluding steroid dienone is 1. The van der Waals surface area contributed by atoms with Crippen molar-refractivity contribution in [2.45, 2.75) is 19.4 Å². The van der Waals surface area contributed by atoms with E-state index in [1.54, 1.807) is 17.0 Å². The summed E-state index contributed by atoms with van der Waals surface area (Å²) < 4.78 is 1.66. The van der Waals surface area contributed by atoms with Crippen molar-refractivity contribution in [2.24, 2.45) is 0 Å². The topological polar surface area (TPSA) is 92.9 Å². The summed E-state index contributed by atoms with van der Waals surface area (Å²) in [5, 5.41) is 16.3. The van der Waals surface area contributed by atoms with E-state index in [2.05, 4.69) is 20.4 Å². The van der Waals surface area contributed by atoms with Gasteiger partial charge in [-0.2, -0.15) is 10.1 Å². The molecule has 7 nitrogen and oxygen atoms in total. The summed E-state index contributed by atoms with van der Waals surface area (Å²) in [5.74, 6) is 0.0594. The summed E-state index contributed by atoms with van der Waals surface area (Å²) >= 11 is 0. The first kappa shape index (κ1) is 12.3. The molecule has 0 bridgehead atoms. The molecule has 0 saturated carbocycles. The van der Waals surface area contributed by atoms with Crippen molar-refractivity contribution in [3.63, 3.8) is 0 Å². The van der Waals surface area contributed by atoms with Crippen LogP contribution in [-0.2, 0) is 11.2 Å². The molecule has 1 aliphatic rings. The van der Waals surface area contributed by atoms with Gasteiger partial charge in [-0.3, -0.25) is 4.98 Å². The highest BCUT2D eigenvalue weighted by atomic mass is 16.4. The van der Waals surface area contributed by atoms with Gasteiger partial charge in [-0.15, -0.1) is 0 Å². The van der Waals surface area contributed by atoms with Gasteiger partial charge < -0.3 is 10.4 Å².